The number of hydrogen-bond acceptors (Lipinski definition) is 4. The second-order valence-electron chi connectivity index (χ2n) is 4.93. The minimum atomic E-state index is -2.88. The predicted molar refractivity (Wildman–Crippen MR) is 79.3 cm³/mol. The molecule has 0 aliphatic carbocycles. The Kier molecular flexibility index (Phi) is 5.05. The van der Waals surface area contributed by atoms with Crippen LogP contribution in [-0.2, 0) is 16.4 Å². The summed E-state index contributed by atoms with van der Waals surface area (Å²) >= 11 is 0. The third-order valence-electron chi connectivity index (χ3n) is 3.33. The Morgan fingerprint density at radius 1 is 1.40 bits per heavy atom. The van der Waals surface area contributed by atoms with E-state index in [-0.39, 0.29) is 18.4 Å². The number of terminal acetylenes is 1. The molecule has 108 valence electrons. The summed E-state index contributed by atoms with van der Waals surface area (Å²) in [4.78, 5) is 0. The van der Waals surface area contributed by atoms with Crippen LogP contribution in [0.25, 0.3) is 0 Å². The summed E-state index contributed by atoms with van der Waals surface area (Å²) in [6.45, 7) is 0.815. The lowest BCUT2D eigenvalue weighted by Crippen LogP contribution is -2.39. The quantitative estimate of drug-likeness (QED) is 0.833. The molecule has 5 heteroatoms. The van der Waals surface area contributed by atoms with Crippen LogP contribution in [0.4, 0.5) is 0 Å². The van der Waals surface area contributed by atoms with Gasteiger partial charge >= 0.3 is 0 Å². The molecule has 1 fully saturated rings. The molecular weight excluding hydrogens is 274 g/mol. The van der Waals surface area contributed by atoms with E-state index in [9.17, 15) is 8.42 Å². The zero-order valence-electron chi connectivity index (χ0n) is 11.3. The summed E-state index contributed by atoms with van der Waals surface area (Å²) in [7, 11) is -2.88. The molecule has 0 bridgehead atoms. The second-order valence-corrected chi connectivity index (χ2v) is 7.16. The number of para-hydroxylation sites is 1. The van der Waals surface area contributed by atoms with Gasteiger partial charge in [-0.25, -0.2) is 8.42 Å². The average Bonchev–Trinajstić information content (AvgIpc) is 2.43. The van der Waals surface area contributed by atoms with Crippen LogP contribution in [0.1, 0.15) is 18.4 Å². The molecule has 1 N–H and O–H groups in total. The summed E-state index contributed by atoms with van der Waals surface area (Å²) in [5, 5.41) is 3.30. The van der Waals surface area contributed by atoms with Crippen LogP contribution in [0.5, 0.6) is 5.75 Å². The standard InChI is InChI=1S/C15H19NO3S/c1-2-9-19-15-8-4-3-6-13(15)11-16-14-7-5-10-20(17,18)12-14/h1,3-4,6,8,14,16H,5,7,9-12H2. The van der Waals surface area contributed by atoms with Crippen LogP contribution >= 0.6 is 0 Å². The topological polar surface area (TPSA) is 55.4 Å². The molecule has 0 saturated carbocycles. The first kappa shape index (κ1) is 14.9. The molecule has 4 nitrogen and oxygen atoms in total. The van der Waals surface area contributed by atoms with Crippen LogP contribution in [0.2, 0.25) is 0 Å². The first-order chi connectivity index (χ1) is 9.61. The molecule has 1 unspecified atom stereocenters. The molecule has 0 spiro atoms. The van der Waals surface area contributed by atoms with Crippen molar-refractivity contribution >= 4 is 9.84 Å². The zero-order valence-corrected chi connectivity index (χ0v) is 12.2. The third-order valence-corrected chi connectivity index (χ3v) is 5.15. The Labute approximate surface area is 120 Å². The van der Waals surface area contributed by atoms with E-state index in [4.69, 9.17) is 11.2 Å². The van der Waals surface area contributed by atoms with E-state index in [1.165, 1.54) is 0 Å². The highest BCUT2D eigenvalue weighted by molar-refractivity contribution is 7.91. The van der Waals surface area contributed by atoms with Gasteiger partial charge in [0.15, 0.2) is 9.84 Å². The molecule has 1 atom stereocenters. The van der Waals surface area contributed by atoms with Gasteiger partial charge in [0.2, 0.25) is 0 Å². The van der Waals surface area contributed by atoms with Crippen LogP contribution in [0.15, 0.2) is 24.3 Å². The molecule has 0 radical (unpaired) electrons. The van der Waals surface area contributed by atoms with Crippen molar-refractivity contribution in [2.45, 2.75) is 25.4 Å². The fraction of sp³-hybridized carbons (Fsp3) is 0.467. The van der Waals surface area contributed by atoms with Gasteiger partial charge in [0.25, 0.3) is 0 Å². The fourth-order valence-corrected chi connectivity index (χ4v) is 4.02. The van der Waals surface area contributed by atoms with Crippen molar-refractivity contribution in [3.63, 3.8) is 0 Å². The Morgan fingerprint density at radius 2 is 2.20 bits per heavy atom. The number of ether oxygens (including phenoxy) is 1. The van der Waals surface area contributed by atoms with Gasteiger partial charge in [-0.1, -0.05) is 24.1 Å². The molecule has 0 aromatic heterocycles. The lowest BCUT2D eigenvalue weighted by molar-refractivity contribution is 0.363. The minimum absolute atomic E-state index is 0.0226. The Bertz CT molecular complexity index is 589. The molecule has 1 aliphatic rings. The molecule has 0 amide bonds. The van der Waals surface area contributed by atoms with Gasteiger partial charge in [0, 0.05) is 18.2 Å². The molecule has 1 heterocycles. The molecule has 1 aromatic carbocycles. The van der Waals surface area contributed by atoms with Crippen molar-refractivity contribution < 1.29 is 13.2 Å². The van der Waals surface area contributed by atoms with Crippen molar-refractivity contribution in [3.8, 4) is 18.1 Å². The highest BCUT2D eigenvalue weighted by atomic mass is 32.2. The van der Waals surface area contributed by atoms with Crippen molar-refractivity contribution in [3.05, 3.63) is 29.8 Å². The zero-order chi connectivity index (χ0) is 14.4. The number of nitrogens with one attached hydrogen (secondary N) is 1. The maximum absolute atomic E-state index is 11.6. The number of sulfone groups is 1. The molecule has 20 heavy (non-hydrogen) atoms. The summed E-state index contributed by atoms with van der Waals surface area (Å²) in [5.41, 5.74) is 0.991. The Morgan fingerprint density at radius 3 is 2.95 bits per heavy atom. The van der Waals surface area contributed by atoms with Crippen LogP contribution in [0.3, 0.4) is 0 Å². The average molecular weight is 293 g/mol. The number of rotatable bonds is 5. The largest absolute Gasteiger partial charge is 0.481 e. The van der Waals surface area contributed by atoms with E-state index in [2.05, 4.69) is 11.2 Å². The molecule has 2 rings (SSSR count). The van der Waals surface area contributed by atoms with Gasteiger partial charge in [0.05, 0.1) is 11.5 Å². The summed E-state index contributed by atoms with van der Waals surface area (Å²) in [6, 6.07) is 7.66. The van der Waals surface area contributed by atoms with Crippen molar-refractivity contribution in [1.82, 2.24) is 5.32 Å². The monoisotopic (exact) mass is 293 g/mol. The maximum Gasteiger partial charge on any atom is 0.151 e. The van der Waals surface area contributed by atoms with Gasteiger partial charge in [-0.05, 0) is 18.9 Å². The molecule has 1 aliphatic heterocycles. The number of hydrogen-bond donors (Lipinski definition) is 1. The molecular formula is C15H19NO3S. The van der Waals surface area contributed by atoms with Crippen molar-refractivity contribution in [2.75, 3.05) is 18.1 Å². The lowest BCUT2D eigenvalue weighted by atomic mass is 10.1. The summed E-state index contributed by atoms with van der Waals surface area (Å²) < 4.78 is 28.7. The van der Waals surface area contributed by atoms with E-state index in [0.717, 1.165) is 24.2 Å². The first-order valence-corrected chi connectivity index (χ1v) is 8.51. The number of benzene rings is 1. The maximum atomic E-state index is 11.6. The highest BCUT2D eigenvalue weighted by Gasteiger charge is 2.24. The third kappa shape index (κ3) is 4.26. The normalized spacial score (nSPS) is 21.1. The molecule has 1 saturated heterocycles. The smallest absolute Gasteiger partial charge is 0.151 e. The van der Waals surface area contributed by atoms with Crippen LogP contribution < -0.4 is 10.1 Å². The Balaban J connectivity index is 1.95. The van der Waals surface area contributed by atoms with E-state index < -0.39 is 9.84 Å². The van der Waals surface area contributed by atoms with Gasteiger partial charge in [-0.3, -0.25) is 0 Å². The van der Waals surface area contributed by atoms with Crippen molar-refractivity contribution in [1.29, 1.82) is 0 Å². The lowest BCUT2D eigenvalue weighted by Gasteiger charge is -2.23. The Hall–Kier alpha value is -1.51. The van der Waals surface area contributed by atoms with E-state index in [1.54, 1.807) is 0 Å². The van der Waals surface area contributed by atoms with E-state index in [0.29, 0.717) is 12.3 Å². The van der Waals surface area contributed by atoms with Crippen LogP contribution in [0, 0.1) is 12.3 Å². The van der Waals surface area contributed by atoms with Gasteiger partial charge in [-0.2, -0.15) is 0 Å². The van der Waals surface area contributed by atoms with Gasteiger partial charge in [-0.15, -0.1) is 6.42 Å². The SMILES string of the molecule is C#CCOc1ccccc1CNC1CCCS(=O)(=O)C1. The van der Waals surface area contributed by atoms with Crippen molar-refractivity contribution in [2.24, 2.45) is 0 Å². The van der Waals surface area contributed by atoms with E-state index >= 15 is 0 Å². The van der Waals surface area contributed by atoms with Gasteiger partial charge in [0.1, 0.15) is 12.4 Å². The predicted octanol–water partition coefficient (Wildman–Crippen LogP) is 1.37. The first-order valence-electron chi connectivity index (χ1n) is 6.69. The summed E-state index contributed by atoms with van der Waals surface area (Å²) in [5.74, 6) is 3.72. The minimum Gasteiger partial charge on any atom is -0.481 e. The molecule has 1 aromatic rings. The second kappa shape index (κ2) is 6.78. The van der Waals surface area contributed by atoms with Gasteiger partial charge < -0.3 is 10.1 Å². The highest BCUT2D eigenvalue weighted by Crippen LogP contribution is 2.19. The fourth-order valence-electron chi connectivity index (χ4n) is 2.35. The van der Waals surface area contributed by atoms with E-state index in [1.807, 2.05) is 24.3 Å². The van der Waals surface area contributed by atoms with Crippen LogP contribution in [-0.4, -0.2) is 32.6 Å². The summed E-state index contributed by atoms with van der Waals surface area (Å²) in [6.07, 6.45) is 6.82.